The Hall–Kier alpha value is -1.12. The number of aromatic nitrogens is 2. The van der Waals surface area contributed by atoms with Crippen LogP contribution in [0.5, 0.6) is 0 Å². The second-order valence-electron chi connectivity index (χ2n) is 3.61. The van der Waals surface area contributed by atoms with E-state index in [2.05, 4.69) is 12.0 Å². The topological polar surface area (TPSA) is 34.9 Å². The molecule has 0 aliphatic heterocycles. The molecule has 1 aromatic rings. The van der Waals surface area contributed by atoms with Crippen molar-refractivity contribution in [3.63, 3.8) is 0 Å². The van der Waals surface area contributed by atoms with Gasteiger partial charge in [0.25, 0.3) is 0 Å². The first-order chi connectivity index (χ1) is 6.74. The summed E-state index contributed by atoms with van der Waals surface area (Å²) in [5.41, 5.74) is 0.601. The van der Waals surface area contributed by atoms with Gasteiger partial charge in [0.15, 0.2) is 5.78 Å². The fourth-order valence-electron chi connectivity index (χ4n) is 1.40. The molecule has 1 heterocycles. The number of ketones is 1. The summed E-state index contributed by atoms with van der Waals surface area (Å²) in [6, 6.07) is 1.78. The van der Waals surface area contributed by atoms with E-state index >= 15 is 0 Å². The Kier molecular flexibility index (Phi) is 4.36. The van der Waals surface area contributed by atoms with Gasteiger partial charge in [-0.05, 0) is 12.5 Å². The number of carbonyl (C=O) groups is 1. The first-order valence-electron chi connectivity index (χ1n) is 5.27. The van der Waals surface area contributed by atoms with Crippen LogP contribution in [0.2, 0.25) is 0 Å². The van der Waals surface area contributed by atoms with Crippen LogP contribution in [0.1, 0.15) is 49.5 Å². The van der Waals surface area contributed by atoms with E-state index in [0.717, 1.165) is 12.8 Å². The minimum Gasteiger partial charge on any atom is -0.292 e. The summed E-state index contributed by atoms with van der Waals surface area (Å²) in [5.74, 6) is 0.168. The van der Waals surface area contributed by atoms with Crippen LogP contribution in [0.15, 0.2) is 12.3 Å². The maximum absolute atomic E-state index is 11.5. The zero-order chi connectivity index (χ0) is 10.4. The van der Waals surface area contributed by atoms with Crippen molar-refractivity contribution in [1.29, 1.82) is 0 Å². The Morgan fingerprint density at radius 1 is 1.43 bits per heavy atom. The molecule has 0 aliphatic carbocycles. The lowest BCUT2D eigenvalue weighted by atomic mass is 10.1. The van der Waals surface area contributed by atoms with Gasteiger partial charge in [0.2, 0.25) is 0 Å². The first kappa shape index (κ1) is 11.0. The predicted molar refractivity (Wildman–Crippen MR) is 56.3 cm³/mol. The highest BCUT2D eigenvalue weighted by molar-refractivity contribution is 5.94. The van der Waals surface area contributed by atoms with Crippen LogP contribution < -0.4 is 0 Å². The molecule has 0 bridgehead atoms. The lowest BCUT2D eigenvalue weighted by molar-refractivity contribution is 0.0973. The zero-order valence-electron chi connectivity index (χ0n) is 8.99. The minimum atomic E-state index is 0.168. The average molecular weight is 194 g/mol. The Morgan fingerprint density at radius 2 is 2.21 bits per heavy atom. The van der Waals surface area contributed by atoms with Crippen LogP contribution >= 0.6 is 0 Å². The maximum atomic E-state index is 11.5. The molecular weight excluding hydrogens is 176 g/mol. The number of Topliss-reactive ketones (excluding diaryl/α,β-unsaturated/α-hetero) is 1. The molecule has 0 saturated carbocycles. The summed E-state index contributed by atoms with van der Waals surface area (Å²) in [4.78, 5) is 11.5. The van der Waals surface area contributed by atoms with Gasteiger partial charge in [-0.15, -0.1) is 0 Å². The fourth-order valence-corrected chi connectivity index (χ4v) is 1.40. The van der Waals surface area contributed by atoms with Crippen LogP contribution in [0, 0.1) is 0 Å². The molecule has 0 radical (unpaired) electrons. The molecule has 0 amide bonds. The molecule has 0 N–H and O–H groups in total. The second-order valence-corrected chi connectivity index (χ2v) is 3.61. The van der Waals surface area contributed by atoms with Crippen molar-refractivity contribution in [2.75, 3.05) is 0 Å². The van der Waals surface area contributed by atoms with Crippen LogP contribution in [0.3, 0.4) is 0 Å². The summed E-state index contributed by atoms with van der Waals surface area (Å²) in [7, 11) is 1.83. The molecule has 3 heteroatoms. The molecule has 0 atom stereocenters. The van der Waals surface area contributed by atoms with E-state index < -0.39 is 0 Å². The number of aryl methyl sites for hydroxylation is 1. The molecule has 0 saturated heterocycles. The van der Waals surface area contributed by atoms with Crippen molar-refractivity contribution in [1.82, 2.24) is 9.78 Å². The normalized spacial score (nSPS) is 10.4. The van der Waals surface area contributed by atoms with E-state index in [1.54, 1.807) is 16.9 Å². The van der Waals surface area contributed by atoms with Gasteiger partial charge >= 0.3 is 0 Å². The summed E-state index contributed by atoms with van der Waals surface area (Å²) >= 11 is 0. The van der Waals surface area contributed by atoms with Gasteiger partial charge in [-0.3, -0.25) is 9.48 Å². The quantitative estimate of drug-likeness (QED) is 0.515. The van der Waals surface area contributed by atoms with Crippen molar-refractivity contribution < 1.29 is 4.79 Å². The van der Waals surface area contributed by atoms with Gasteiger partial charge in [0.05, 0.1) is 0 Å². The third-order valence-electron chi connectivity index (χ3n) is 2.26. The molecule has 0 aromatic carbocycles. The smallest absolute Gasteiger partial charge is 0.183 e. The van der Waals surface area contributed by atoms with Gasteiger partial charge in [-0.25, -0.2) is 0 Å². The van der Waals surface area contributed by atoms with Crippen molar-refractivity contribution in [2.24, 2.45) is 7.05 Å². The SMILES string of the molecule is CCCCCCC(=O)c1ccn(C)n1. The zero-order valence-corrected chi connectivity index (χ0v) is 8.99. The Bertz CT molecular complexity index is 291. The van der Waals surface area contributed by atoms with Crippen molar-refractivity contribution in [3.8, 4) is 0 Å². The van der Waals surface area contributed by atoms with Crippen LogP contribution in [-0.4, -0.2) is 15.6 Å². The Labute approximate surface area is 85.1 Å². The van der Waals surface area contributed by atoms with Crippen LogP contribution in [-0.2, 0) is 7.05 Å². The third-order valence-corrected chi connectivity index (χ3v) is 2.26. The molecule has 0 unspecified atom stereocenters. The van der Waals surface area contributed by atoms with Gasteiger partial charge in [0.1, 0.15) is 5.69 Å². The van der Waals surface area contributed by atoms with E-state index in [9.17, 15) is 4.79 Å². The number of hydrogen-bond donors (Lipinski definition) is 0. The molecule has 0 fully saturated rings. The van der Waals surface area contributed by atoms with Gasteiger partial charge in [0, 0.05) is 19.7 Å². The van der Waals surface area contributed by atoms with Gasteiger partial charge in [-0.1, -0.05) is 26.2 Å². The second kappa shape index (κ2) is 5.58. The molecule has 1 aromatic heterocycles. The number of nitrogens with zero attached hydrogens (tertiary/aromatic N) is 2. The highest BCUT2D eigenvalue weighted by Crippen LogP contribution is 2.07. The third kappa shape index (κ3) is 3.32. The standard InChI is InChI=1S/C11H18N2O/c1-3-4-5-6-7-11(14)10-8-9-13(2)12-10/h8-9H,3-7H2,1-2H3. The van der Waals surface area contributed by atoms with E-state index in [4.69, 9.17) is 0 Å². The van der Waals surface area contributed by atoms with Crippen molar-refractivity contribution in [3.05, 3.63) is 18.0 Å². The van der Waals surface area contributed by atoms with Crippen LogP contribution in [0.25, 0.3) is 0 Å². The fraction of sp³-hybridized carbons (Fsp3) is 0.636. The van der Waals surface area contributed by atoms with Gasteiger partial charge < -0.3 is 0 Å². The largest absolute Gasteiger partial charge is 0.292 e. The van der Waals surface area contributed by atoms with E-state index in [1.807, 2.05) is 7.05 Å². The highest BCUT2D eigenvalue weighted by atomic mass is 16.1. The number of carbonyl (C=O) groups excluding carboxylic acids is 1. The molecule has 14 heavy (non-hydrogen) atoms. The Balaban J connectivity index is 2.29. The predicted octanol–water partition coefficient (Wildman–Crippen LogP) is 2.57. The summed E-state index contributed by atoms with van der Waals surface area (Å²) < 4.78 is 1.67. The van der Waals surface area contributed by atoms with Crippen molar-refractivity contribution in [2.45, 2.75) is 39.0 Å². The number of hydrogen-bond acceptors (Lipinski definition) is 2. The van der Waals surface area contributed by atoms with Crippen LogP contribution in [0.4, 0.5) is 0 Å². The summed E-state index contributed by atoms with van der Waals surface area (Å²) in [5, 5.41) is 4.08. The lowest BCUT2D eigenvalue weighted by Gasteiger charge is -1.97. The highest BCUT2D eigenvalue weighted by Gasteiger charge is 2.07. The molecule has 1 rings (SSSR count). The number of rotatable bonds is 6. The van der Waals surface area contributed by atoms with E-state index in [1.165, 1.54) is 12.8 Å². The molecule has 78 valence electrons. The monoisotopic (exact) mass is 194 g/mol. The first-order valence-corrected chi connectivity index (χ1v) is 5.27. The molecule has 3 nitrogen and oxygen atoms in total. The molecule has 0 spiro atoms. The van der Waals surface area contributed by atoms with Crippen molar-refractivity contribution >= 4 is 5.78 Å². The average Bonchev–Trinajstić information content (AvgIpc) is 2.59. The Morgan fingerprint density at radius 3 is 2.79 bits per heavy atom. The van der Waals surface area contributed by atoms with Gasteiger partial charge in [-0.2, -0.15) is 5.10 Å². The summed E-state index contributed by atoms with van der Waals surface area (Å²) in [6.07, 6.45) is 7.00. The molecular formula is C11H18N2O. The minimum absolute atomic E-state index is 0.168. The van der Waals surface area contributed by atoms with E-state index in [-0.39, 0.29) is 5.78 Å². The maximum Gasteiger partial charge on any atom is 0.183 e. The lowest BCUT2D eigenvalue weighted by Crippen LogP contribution is -2.01. The summed E-state index contributed by atoms with van der Waals surface area (Å²) in [6.45, 7) is 2.17. The van der Waals surface area contributed by atoms with E-state index in [0.29, 0.717) is 12.1 Å². The molecule has 0 aliphatic rings. The number of unbranched alkanes of at least 4 members (excludes halogenated alkanes) is 3.